The highest BCUT2D eigenvalue weighted by molar-refractivity contribution is 7.22. The highest BCUT2D eigenvalue weighted by atomic mass is 32.1. The van der Waals surface area contributed by atoms with Gasteiger partial charge in [-0.05, 0) is 183 Å². The van der Waals surface area contributed by atoms with E-state index in [1.807, 2.05) is 18.2 Å². The summed E-state index contributed by atoms with van der Waals surface area (Å²) >= 11 is 3.47. The normalized spacial score (nSPS) is 11.7. The van der Waals surface area contributed by atoms with Crippen LogP contribution in [0.4, 0.5) is 0 Å². The van der Waals surface area contributed by atoms with Crippen LogP contribution in [0.2, 0.25) is 0 Å². The van der Waals surface area contributed by atoms with Crippen LogP contribution in [0.3, 0.4) is 0 Å². The van der Waals surface area contributed by atoms with Crippen LogP contribution in [0.5, 0.6) is 0 Å². The first kappa shape index (κ1) is 82.8. The molecule has 0 amide bonds. The molecule has 138 heavy (non-hydrogen) atoms. The molecule has 656 valence electrons. The Morgan fingerprint density at radius 1 is 0.196 bits per heavy atom. The van der Waals surface area contributed by atoms with Crippen LogP contribution < -0.4 is 0 Å². The van der Waals surface area contributed by atoms with Gasteiger partial charge in [-0.15, -0.1) is 22.7 Å². The predicted molar refractivity (Wildman–Crippen MR) is 576 cm³/mol. The number of para-hydroxylation sites is 10. The van der Waals surface area contributed by atoms with E-state index < -0.39 is 0 Å². The highest BCUT2D eigenvalue weighted by Crippen LogP contribution is 2.46. The monoisotopic (exact) mass is 1810 g/mol. The van der Waals surface area contributed by atoms with Crippen molar-refractivity contribution in [1.29, 1.82) is 0 Å². The Kier molecular flexibility index (Phi) is 20.8. The number of aromatic nitrogens is 13. The lowest BCUT2D eigenvalue weighted by atomic mass is 9.96. The minimum Gasteiger partial charge on any atom is -0.296 e. The number of nitrogens with zero attached hydrogens (tertiary/aromatic N) is 13. The third-order valence-corrected chi connectivity index (χ3v) is 29.0. The van der Waals surface area contributed by atoms with E-state index in [9.17, 15) is 0 Å². The summed E-state index contributed by atoms with van der Waals surface area (Å²) in [4.78, 5) is 46.2. The van der Waals surface area contributed by atoms with E-state index in [4.69, 9.17) is 44.9 Å². The van der Waals surface area contributed by atoms with Gasteiger partial charge in [0.15, 0.2) is 0 Å². The smallest absolute Gasteiger partial charge is 0.124 e. The van der Waals surface area contributed by atoms with Crippen LogP contribution in [0.25, 0.3) is 240 Å². The molecule has 13 nitrogen and oxygen atoms in total. The summed E-state index contributed by atoms with van der Waals surface area (Å²) in [5.41, 5.74) is 30.9. The molecule has 0 bridgehead atoms. The Balaban J connectivity index is 0.000000110. The van der Waals surface area contributed by atoms with E-state index in [0.29, 0.717) is 0 Å². The molecule has 27 rings (SSSR count). The van der Waals surface area contributed by atoms with Gasteiger partial charge in [-0.25, -0.2) is 44.9 Å². The molecule has 9 aromatic heterocycles. The molecule has 0 aliphatic heterocycles. The first-order valence-corrected chi connectivity index (χ1v) is 48.8. The molecule has 18 aromatic carbocycles. The van der Waals surface area contributed by atoms with Crippen molar-refractivity contribution in [1.82, 2.24) is 63.1 Å². The van der Waals surface area contributed by atoms with Gasteiger partial charge in [0.05, 0.1) is 98.2 Å². The maximum absolute atomic E-state index is 5.30. The molecular formula is C123H87N13S2. The van der Waals surface area contributed by atoms with Crippen molar-refractivity contribution in [3.8, 4) is 99.9 Å². The summed E-state index contributed by atoms with van der Waals surface area (Å²) in [5.74, 6) is 4.17. The first-order valence-electron chi connectivity index (χ1n) is 47.2. The van der Waals surface area contributed by atoms with Crippen LogP contribution in [-0.2, 0) is 25.7 Å². The molecule has 0 spiro atoms. The maximum atomic E-state index is 5.30. The van der Waals surface area contributed by atoms with Crippen LogP contribution >= 0.6 is 22.7 Å². The van der Waals surface area contributed by atoms with E-state index in [1.165, 1.54) is 53.0 Å². The van der Waals surface area contributed by atoms with Gasteiger partial charge in [0, 0.05) is 109 Å². The molecule has 0 radical (unpaired) electrons. The Morgan fingerprint density at radius 3 is 0.884 bits per heavy atom. The number of hydrogen-bond donors (Lipinski definition) is 0. The number of imidazole rings is 4. The number of fused-ring (bicyclic) bond motifs is 19. The first-order chi connectivity index (χ1) is 68.2. The lowest BCUT2D eigenvalue weighted by Crippen LogP contribution is -2.00. The summed E-state index contributed by atoms with van der Waals surface area (Å²) in [6.07, 6.45) is 3.34. The maximum Gasteiger partial charge on any atom is 0.124 e. The fourth-order valence-corrected chi connectivity index (χ4v) is 22.1. The van der Waals surface area contributed by atoms with Crippen molar-refractivity contribution in [3.05, 3.63) is 430 Å². The Morgan fingerprint density at radius 2 is 0.486 bits per heavy atom. The average molecular weight is 1810 g/mol. The van der Waals surface area contributed by atoms with Gasteiger partial charge >= 0.3 is 0 Å². The van der Waals surface area contributed by atoms with Gasteiger partial charge in [0.1, 0.15) is 33.3 Å². The van der Waals surface area contributed by atoms with E-state index >= 15 is 0 Å². The molecule has 0 saturated carbocycles. The number of thiazole rings is 2. The number of pyridine rings is 3. The molecule has 0 atom stereocenters. The number of aryl methyl sites for hydroxylation is 4. The third-order valence-electron chi connectivity index (χ3n) is 26.8. The predicted octanol–water partition coefficient (Wildman–Crippen LogP) is 31.8. The average Bonchev–Trinajstić information content (AvgIpc) is 1.19. The van der Waals surface area contributed by atoms with Crippen molar-refractivity contribution in [2.75, 3.05) is 0 Å². The van der Waals surface area contributed by atoms with Crippen molar-refractivity contribution < 1.29 is 0 Å². The van der Waals surface area contributed by atoms with Crippen molar-refractivity contribution in [2.45, 2.75) is 53.4 Å². The van der Waals surface area contributed by atoms with Crippen LogP contribution in [0.15, 0.2) is 406 Å². The molecule has 15 heteroatoms. The minimum absolute atomic E-state index is 0.825. The number of rotatable bonds is 15. The second-order valence-corrected chi connectivity index (χ2v) is 37.0. The Hall–Kier alpha value is -17.1. The van der Waals surface area contributed by atoms with Gasteiger partial charge in [-0.2, -0.15) is 0 Å². The zero-order valence-corrected chi connectivity index (χ0v) is 77.8. The highest BCUT2D eigenvalue weighted by Gasteiger charge is 2.26. The van der Waals surface area contributed by atoms with E-state index in [0.717, 1.165) is 236 Å². The number of benzene rings is 18. The lowest BCUT2D eigenvalue weighted by Gasteiger charge is -2.13. The van der Waals surface area contributed by atoms with Crippen molar-refractivity contribution in [2.24, 2.45) is 0 Å². The molecule has 0 aliphatic rings. The summed E-state index contributed by atoms with van der Waals surface area (Å²) in [5, 5.41) is 14.7. The zero-order chi connectivity index (χ0) is 92.0. The van der Waals surface area contributed by atoms with Crippen LogP contribution in [-0.4, -0.2) is 63.1 Å². The zero-order valence-electron chi connectivity index (χ0n) is 76.1. The topological polar surface area (TPSA) is 136 Å². The molecule has 0 fully saturated rings. The Bertz CT molecular complexity index is 9360. The minimum atomic E-state index is 0.825. The van der Waals surface area contributed by atoms with Gasteiger partial charge in [-0.3, -0.25) is 18.3 Å². The van der Waals surface area contributed by atoms with E-state index in [2.05, 4.69) is 434 Å². The molecular weight excluding hydrogens is 1720 g/mol. The van der Waals surface area contributed by atoms with Crippen LogP contribution in [0.1, 0.15) is 51.0 Å². The lowest BCUT2D eigenvalue weighted by molar-refractivity contribution is 0.908. The molecule has 0 aliphatic carbocycles. The fourth-order valence-electron chi connectivity index (χ4n) is 20.2. The largest absolute Gasteiger partial charge is 0.296 e. The molecule has 27 aromatic rings. The van der Waals surface area contributed by atoms with E-state index in [1.54, 1.807) is 22.7 Å². The quantitative estimate of drug-likeness (QED) is 0.0919. The van der Waals surface area contributed by atoms with Gasteiger partial charge in [-0.1, -0.05) is 301 Å². The molecule has 0 N–H and O–H groups in total. The molecule has 0 saturated heterocycles. The number of hydrogen-bond acceptors (Lipinski definition) is 11. The molecule has 9 heterocycles. The summed E-state index contributed by atoms with van der Waals surface area (Å²) in [7, 11) is 0. The second-order valence-electron chi connectivity index (χ2n) is 34.9. The standard InChI is InChI=1S/C45H30N4S.C41H28N4S.C37H29N5/c1-2-41-48-44-39(49(41)34-10-4-3-5-11-34)25-24-36-35-12-6-7-13-37(35)46-43(42(36)44)29-18-16-28(17-19-29)30-20-21-32-27-33(23-22-31(32)26-30)45-47-38-14-8-9-15-40(38)50-45;1-2-37-44-40-35(45(37)30-10-4-3-5-11-30)25-24-32-31-12-6-7-13-33(31)42-39(38(32)40)28-20-16-26(17-21-28)27-18-22-29(23-19-27)41-43-34-14-8-9-15-36(34)46-41;1-3-33-38-30-16-10-11-17-31(30)41(33)26-20-18-24(19-21-26)36-35-28(27-14-8-9-15-29(27)39-36)22-23-32-37(35)40-34(4-2)42(32)25-12-6-5-7-13-25/h3-27H,2H2,1H3;3-25H,2H2,1H3;5-23H,3-4H2,1-2H3. The van der Waals surface area contributed by atoms with E-state index in [-0.39, 0.29) is 0 Å². The van der Waals surface area contributed by atoms with Gasteiger partial charge in [0.2, 0.25) is 0 Å². The van der Waals surface area contributed by atoms with Crippen LogP contribution in [0, 0.1) is 0 Å². The van der Waals surface area contributed by atoms with Gasteiger partial charge in [0.25, 0.3) is 0 Å². The Labute approximate surface area is 803 Å². The third kappa shape index (κ3) is 14.5. The summed E-state index contributed by atoms with van der Waals surface area (Å²) < 4.78 is 11.5. The molecule has 0 unspecified atom stereocenters. The fraction of sp³-hybridized carbons (Fsp3) is 0.0650. The summed E-state index contributed by atoms with van der Waals surface area (Å²) in [6.45, 7) is 8.66. The van der Waals surface area contributed by atoms with Crippen molar-refractivity contribution in [3.63, 3.8) is 0 Å². The second kappa shape index (κ2) is 34.7. The SMILES string of the molecule is CCc1nc2c3c(-c4ccc(-c5ccc(-c6nc7ccccc7s6)cc5)cc4)nc4ccccc4c3ccc2n1-c1ccccc1.CCc1nc2c3c(-c4ccc(-c5ccc6cc(-c7nc8ccccc8s7)ccc6c5)cc4)nc4ccccc4c3ccc2n1-c1ccccc1.CCc1nc2ccccc2n1-c1ccc(-c2nc3ccccc3c3ccc4c(nc(CC)n4-c4ccccc4)c23)cc1. The van der Waals surface area contributed by atoms with Gasteiger partial charge < -0.3 is 0 Å². The van der Waals surface area contributed by atoms with Crippen molar-refractivity contribution >= 4 is 163 Å². The summed E-state index contributed by atoms with van der Waals surface area (Å²) in [6, 6.07) is 144.